The van der Waals surface area contributed by atoms with Crippen LogP contribution < -0.4 is 10.6 Å². The molecule has 0 aliphatic carbocycles. The van der Waals surface area contributed by atoms with Crippen LogP contribution in [0.25, 0.3) is 0 Å². The fourth-order valence-corrected chi connectivity index (χ4v) is 7.20. The van der Waals surface area contributed by atoms with E-state index < -0.39 is 15.9 Å². The van der Waals surface area contributed by atoms with E-state index in [0.29, 0.717) is 17.0 Å². The Bertz CT molecular complexity index is 1370. The molecule has 1 aliphatic rings. The summed E-state index contributed by atoms with van der Waals surface area (Å²) in [5.74, 6) is -0.454. The van der Waals surface area contributed by atoms with Gasteiger partial charge in [-0.3, -0.25) is 4.79 Å². The van der Waals surface area contributed by atoms with Gasteiger partial charge in [0.15, 0.2) is 0 Å². The molecule has 3 rings (SSSR count). The van der Waals surface area contributed by atoms with Gasteiger partial charge in [-0.05, 0) is 63.9 Å². The van der Waals surface area contributed by atoms with Crippen molar-refractivity contribution in [2.45, 2.75) is 62.9 Å². The van der Waals surface area contributed by atoms with Gasteiger partial charge in [0.1, 0.15) is 11.1 Å². The minimum Gasteiger partial charge on any atom is -0.312 e. The molecule has 9 nitrogen and oxygen atoms in total. The van der Waals surface area contributed by atoms with Crippen LogP contribution in [-0.4, -0.2) is 37.3 Å². The monoisotopic (exact) mass is 524 g/mol. The third-order valence-electron chi connectivity index (χ3n) is 5.88. The number of benzene rings is 1. The Morgan fingerprint density at radius 2 is 1.67 bits per heavy atom. The molecule has 1 aromatic heterocycles. The number of rotatable bonds is 8. The fourth-order valence-electron chi connectivity index (χ4n) is 4.54. The van der Waals surface area contributed by atoms with Gasteiger partial charge in [0.25, 0.3) is 5.91 Å². The number of sulfonamides is 1. The largest absolute Gasteiger partial charge is 0.312 e. The Morgan fingerprint density at radius 1 is 1.08 bits per heavy atom. The van der Waals surface area contributed by atoms with Gasteiger partial charge in [0, 0.05) is 47.4 Å². The van der Waals surface area contributed by atoms with E-state index in [1.54, 1.807) is 0 Å². The number of carbonyl (C=O) groups is 1. The molecule has 2 heterocycles. The molecule has 0 radical (unpaired) electrons. The van der Waals surface area contributed by atoms with E-state index in [0.717, 1.165) is 14.7 Å². The summed E-state index contributed by atoms with van der Waals surface area (Å²) >= 11 is 1.37. The zero-order valence-corrected chi connectivity index (χ0v) is 22.3. The lowest BCUT2D eigenvalue weighted by atomic mass is 9.81. The van der Waals surface area contributed by atoms with Crippen LogP contribution in [0.2, 0.25) is 0 Å². The first-order chi connectivity index (χ1) is 16.9. The summed E-state index contributed by atoms with van der Waals surface area (Å²) in [4.78, 5) is 14.0. The highest BCUT2D eigenvalue weighted by molar-refractivity contribution is 7.89. The van der Waals surface area contributed by atoms with Crippen LogP contribution in [0, 0.1) is 34.0 Å². The maximum atomic E-state index is 13.0. The second-order valence-electron chi connectivity index (χ2n) is 9.74. The quantitative estimate of drug-likeness (QED) is 0.532. The summed E-state index contributed by atoms with van der Waals surface area (Å²) in [5, 5.41) is 34.4. The molecule has 188 valence electrons. The predicted molar refractivity (Wildman–Crippen MR) is 137 cm³/mol. The van der Waals surface area contributed by atoms with Crippen LogP contribution >= 0.6 is 11.3 Å². The van der Waals surface area contributed by atoms with Crippen molar-refractivity contribution in [2.24, 2.45) is 0 Å². The van der Waals surface area contributed by atoms with Crippen molar-refractivity contribution in [1.82, 2.24) is 9.62 Å². The number of nitriles is 3. The molecule has 1 aromatic carbocycles. The van der Waals surface area contributed by atoms with Gasteiger partial charge in [0.05, 0.1) is 22.6 Å². The number of anilines is 1. The SMILES string of the molecule is CC1(C)Cc2c(sc(NC(=O)c3ccc(S(=O)(=O)N(CCC#N)CCC#N)cc3)c2C#N)C(C)(C)N1. The van der Waals surface area contributed by atoms with Crippen LogP contribution in [0.5, 0.6) is 0 Å². The fraction of sp³-hybridized carbons (Fsp3) is 0.440. The summed E-state index contributed by atoms with van der Waals surface area (Å²) < 4.78 is 27.1. The standard InChI is InChI=1S/C25H28N6O3S2/c1-24(2)15-19-20(16-28)23(35-21(19)25(3,4)30-24)29-22(32)17-7-9-18(10-8-17)36(33,34)31(13-5-11-26)14-6-12-27/h7-10,30H,5-6,13-15H2,1-4H3,(H,29,32). The van der Waals surface area contributed by atoms with E-state index in [2.05, 4.69) is 30.6 Å². The van der Waals surface area contributed by atoms with Crippen molar-refractivity contribution < 1.29 is 13.2 Å². The molecule has 0 atom stereocenters. The average molecular weight is 525 g/mol. The smallest absolute Gasteiger partial charge is 0.256 e. The van der Waals surface area contributed by atoms with Crippen molar-refractivity contribution >= 4 is 32.3 Å². The van der Waals surface area contributed by atoms with Crippen molar-refractivity contribution in [3.8, 4) is 18.2 Å². The lowest BCUT2D eigenvalue weighted by Gasteiger charge is -2.42. The first-order valence-electron chi connectivity index (χ1n) is 11.4. The lowest BCUT2D eigenvalue weighted by Crippen LogP contribution is -2.54. The molecule has 1 amide bonds. The third-order valence-corrected chi connectivity index (χ3v) is 9.27. The number of thiophene rings is 1. The molecule has 2 N–H and O–H groups in total. The van der Waals surface area contributed by atoms with Gasteiger partial charge in [-0.2, -0.15) is 20.1 Å². The highest BCUT2D eigenvalue weighted by Gasteiger charge is 2.40. The van der Waals surface area contributed by atoms with E-state index in [1.807, 2.05) is 26.0 Å². The van der Waals surface area contributed by atoms with Gasteiger partial charge < -0.3 is 10.6 Å². The van der Waals surface area contributed by atoms with E-state index in [4.69, 9.17) is 10.5 Å². The summed E-state index contributed by atoms with van der Waals surface area (Å²) in [6.45, 7) is 8.20. The Labute approximate surface area is 216 Å². The zero-order valence-electron chi connectivity index (χ0n) is 20.7. The van der Waals surface area contributed by atoms with Crippen LogP contribution in [0.3, 0.4) is 0 Å². The van der Waals surface area contributed by atoms with Crippen molar-refractivity contribution in [1.29, 1.82) is 15.8 Å². The minimum absolute atomic E-state index is 0.000667. The maximum absolute atomic E-state index is 13.0. The Balaban J connectivity index is 1.85. The topological polar surface area (TPSA) is 150 Å². The molecule has 2 aromatic rings. The van der Waals surface area contributed by atoms with Gasteiger partial charge >= 0.3 is 0 Å². The van der Waals surface area contributed by atoms with E-state index in [1.165, 1.54) is 35.6 Å². The normalized spacial score (nSPS) is 15.8. The first kappa shape index (κ1) is 27.3. The Hall–Kier alpha value is -3.27. The van der Waals surface area contributed by atoms with Gasteiger partial charge in [0.2, 0.25) is 10.0 Å². The third kappa shape index (κ3) is 5.59. The molecule has 0 bridgehead atoms. The van der Waals surface area contributed by atoms with Crippen LogP contribution in [0.15, 0.2) is 29.2 Å². The Kier molecular flexibility index (Phi) is 7.88. The highest BCUT2D eigenvalue weighted by Crippen LogP contribution is 2.44. The molecule has 36 heavy (non-hydrogen) atoms. The number of nitrogens with one attached hydrogen (secondary N) is 2. The number of hydrogen-bond donors (Lipinski definition) is 2. The Morgan fingerprint density at radius 3 is 2.19 bits per heavy atom. The van der Waals surface area contributed by atoms with E-state index in [-0.39, 0.29) is 47.5 Å². The molecule has 1 aliphatic heterocycles. The second-order valence-corrected chi connectivity index (χ2v) is 12.7. The van der Waals surface area contributed by atoms with Crippen LogP contribution in [0.4, 0.5) is 5.00 Å². The van der Waals surface area contributed by atoms with E-state index >= 15 is 0 Å². The molecule has 11 heteroatoms. The molecule has 0 fully saturated rings. The number of nitrogens with zero attached hydrogens (tertiary/aromatic N) is 4. The lowest BCUT2D eigenvalue weighted by molar-refractivity contribution is 0.102. The van der Waals surface area contributed by atoms with Gasteiger partial charge in [-0.15, -0.1) is 11.3 Å². The van der Waals surface area contributed by atoms with Crippen LogP contribution in [0.1, 0.15) is 66.9 Å². The molecular formula is C25H28N6O3S2. The highest BCUT2D eigenvalue weighted by atomic mass is 32.2. The van der Waals surface area contributed by atoms with Crippen LogP contribution in [-0.2, 0) is 22.0 Å². The minimum atomic E-state index is -3.93. The van der Waals surface area contributed by atoms with Crippen molar-refractivity contribution in [2.75, 3.05) is 18.4 Å². The molecular weight excluding hydrogens is 496 g/mol. The van der Waals surface area contributed by atoms with E-state index in [9.17, 15) is 18.5 Å². The van der Waals surface area contributed by atoms with Crippen molar-refractivity contribution in [3.05, 3.63) is 45.8 Å². The molecule has 0 saturated heterocycles. The summed E-state index contributed by atoms with van der Waals surface area (Å²) in [5.41, 5.74) is 1.05. The van der Waals surface area contributed by atoms with Crippen molar-refractivity contribution in [3.63, 3.8) is 0 Å². The predicted octanol–water partition coefficient (Wildman–Crippen LogP) is 3.85. The summed E-state index contributed by atoms with van der Waals surface area (Å²) in [6, 6.07) is 11.5. The number of amides is 1. The summed E-state index contributed by atoms with van der Waals surface area (Å²) in [7, 11) is -3.93. The molecule has 0 saturated carbocycles. The number of hydrogen-bond acceptors (Lipinski definition) is 8. The average Bonchev–Trinajstić information content (AvgIpc) is 3.15. The van der Waals surface area contributed by atoms with Gasteiger partial charge in [-0.25, -0.2) is 8.42 Å². The molecule has 0 spiro atoms. The number of fused-ring (bicyclic) bond motifs is 1. The zero-order chi connectivity index (χ0) is 26.7. The number of carbonyl (C=O) groups excluding carboxylic acids is 1. The van der Waals surface area contributed by atoms with Gasteiger partial charge in [-0.1, -0.05) is 0 Å². The first-order valence-corrected chi connectivity index (χ1v) is 13.6. The molecule has 0 unspecified atom stereocenters. The summed E-state index contributed by atoms with van der Waals surface area (Å²) in [6.07, 6.45) is 0.656. The second kappa shape index (κ2) is 10.4. The maximum Gasteiger partial charge on any atom is 0.256 e.